The van der Waals surface area contributed by atoms with Crippen molar-refractivity contribution < 1.29 is 8.42 Å². The molecule has 1 N–H and O–H groups in total. The van der Waals surface area contributed by atoms with E-state index in [9.17, 15) is 8.42 Å². The van der Waals surface area contributed by atoms with Crippen LogP contribution < -0.4 is 5.32 Å². The molecule has 1 aliphatic carbocycles. The smallest absolute Gasteiger partial charge is 0.281 e. The number of nitrogens with one attached hydrogen (secondary N) is 1. The molecule has 2 aliphatic heterocycles. The summed E-state index contributed by atoms with van der Waals surface area (Å²) in [5.41, 5.74) is 1.46. The van der Waals surface area contributed by atoms with Crippen molar-refractivity contribution in [1.82, 2.24) is 18.8 Å². The van der Waals surface area contributed by atoms with Gasteiger partial charge in [-0.25, -0.2) is 0 Å². The first kappa shape index (κ1) is 18.4. The van der Waals surface area contributed by atoms with Crippen molar-refractivity contribution in [3.8, 4) is 0 Å². The van der Waals surface area contributed by atoms with Gasteiger partial charge in [0.2, 0.25) is 0 Å². The van der Waals surface area contributed by atoms with Crippen molar-refractivity contribution in [3.05, 3.63) is 35.9 Å². The quantitative estimate of drug-likeness (QED) is 0.805. The first-order valence-electron chi connectivity index (χ1n) is 9.68. The lowest BCUT2D eigenvalue weighted by molar-refractivity contribution is 0.0603. The summed E-state index contributed by atoms with van der Waals surface area (Å²) in [6, 6.07) is 12.4. The summed E-state index contributed by atoms with van der Waals surface area (Å²) >= 11 is 0. The Morgan fingerprint density at radius 2 is 1.73 bits per heavy atom. The van der Waals surface area contributed by atoms with Crippen LogP contribution >= 0.6 is 0 Å². The van der Waals surface area contributed by atoms with E-state index in [1.54, 1.807) is 18.4 Å². The van der Waals surface area contributed by atoms with Crippen LogP contribution in [0.25, 0.3) is 0 Å². The third-order valence-electron chi connectivity index (χ3n) is 6.13. The molecule has 26 heavy (non-hydrogen) atoms. The summed E-state index contributed by atoms with van der Waals surface area (Å²) in [6.45, 7) is 3.41. The SMILES string of the molecule is CN(C)S(=O)(=O)N1CC(N2CCC(N[C@@H]3C[C@H]3c3ccccc3)CC2)C1. The van der Waals surface area contributed by atoms with Crippen molar-refractivity contribution in [2.24, 2.45) is 0 Å². The number of nitrogens with zero attached hydrogens (tertiary/aromatic N) is 3. The third kappa shape index (κ3) is 3.68. The molecule has 0 radical (unpaired) electrons. The summed E-state index contributed by atoms with van der Waals surface area (Å²) in [7, 11) is -0.0398. The number of benzene rings is 1. The minimum absolute atomic E-state index is 0.392. The summed E-state index contributed by atoms with van der Waals surface area (Å²) in [5, 5.41) is 3.85. The average Bonchev–Trinajstić information content (AvgIpc) is 3.35. The molecular formula is C19H30N4O2S. The maximum atomic E-state index is 12.1. The van der Waals surface area contributed by atoms with E-state index in [-0.39, 0.29) is 0 Å². The molecule has 144 valence electrons. The van der Waals surface area contributed by atoms with E-state index in [1.807, 2.05) is 0 Å². The maximum absolute atomic E-state index is 12.1. The van der Waals surface area contributed by atoms with Crippen LogP contribution in [0.15, 0.2) is 30.3 Å². The standard InChI is InChI=1S/C19H30N4O2S/c1-21(2)26(24,25)23-13-17(14-23)22-10-8-16(9-11-22)20-19-12-18(19)15-6-4-3-5-7-15/h3-7,16-20H,8-14H2,1-2H3/t18-,19+/m0/s1. The molecule has 2 heterocycles. The highest BCUT2D eigenvalue weighted by Crippen LogP contribution is 2.41. The Morgan fingerprint density at radius 1 is 1.08 bits per heavy atom. The molecule has 6 nitrogen and oxygen atoms in total. The number of likely N-dealkylation sites (tertiary alicyclic amines) is 1. The average molecular weight is 379 g/mol. The number of hydrogen-bond donors (Lipinski definition) is 1. The van der Waals surface area contributed by atoms with E-state index in [2.05, 4.69) is 40.5 Å². The maximum Gasteiger partial charge on any atom is 0.281 e. The molecule has 7 heteroatoms. The van der Waals surface area contributed by atoms with E-state index in [4.69, 9.17) is 0 Å². The van der Waals surface area contributed by atoms with Gasteiger partial charge in [0.1, 0.15) is 0 Å². The van der Waals surface area contributed by atoms with Gasteiger partial charge >= 0.3 is 0 Å². The highest BCUT2D eigenvalue weighted by molar-refractivity contribution is 7.86. The van der Waals surface area contributed by atoms with Gasteiger partial charge in [0.05, 0.1) is 0 Å². The van der Waals surface area contributed by atoms with E-state index >= 15 is 0 Å². The van der Waals surface area contributed by atoms with Crippen LogP contribution in [-0.4, -0.2) is 80.3 Å². The molecule has 4 rings (SSSR count). The molecule has 0 unspecified atom stereocenters. The summed E-state index contributed by atoms with van der Waals surface area (Å²) in [4.78, 5) is 2.47. The second-order valence-electron chi connectivity index (χ2n) is 8.10. The van der Waals surface area contributed by atoms with Crippen molar-refractivity contribution in [2.75, 3.05) is 40.3 Å². The fraction of sp³-hybridized carbons (Fsp3) is 0.684. The predicted octanol–water partition coefficient (Wildman–Crippen LogP) is 1.09. The third-order valence-corrected chi connectivity index (χ3v) is 8.00. The highest BCUT2D eigenvalue weighted by Gasteiger charge is 2.42. The van der Waals surface area contributed by atoms with Crippen LogP contribution in [0.4, 0.5) is 0 Å². The molecule has 0 bridgehead atoms. The first-order valence-corrected chi connectivity index (χ1v) is 11.1. The predicted molar refractivity (Wildman–Crippen MR) is 103 cm³/mol. The van der Waals surface area contributed by atoms with Crippen LogP contribution in [0.1, 0.15) is 30.7 Å². The normalized spacial score (nSPS) is 29.0. The summed E-state index contributed by atoms with van der Waals surface area (Å²) in [5.74, 6) is 0.686. The zero-order chi connectivity index (χ0) is 18.3. The first-order chi connectivity index (χ1) is 12.4. The second-order valence-corrected chi connectivity index (χ2v) is 10.2. The Kier molecular flexibility index (Phi) is 5.09. The largest absolute Gasteiger partial charge is 0.311 e. The molecular weight excluding hydrogens is 348 g/mol. The van der Waals surface area contributed by atoms with Gasteiger partial charge in [0.25, 0.3) is 10.2 Å². The molecule has 2 atom stereocenters. The van der Waals surface area contributed by atoms with Crippen LogP contribution in [-0.2, 0) is 10.2 Å². The molecule has 0 spiro atoms. The van der Waals surface area contributed by atoms with Gasteiger partial charge in [-0.3, -0.25) is 4.90 Å². The van der Waals surface area contributed by atoms with Crippen molar-refractivity contribution in [1.29, 1.82) is 0 Å². The van der Waals surface area contributed by atoms with Gasteiger partial charge in [-0.1, -0.05) is 30.3 Å². The minimum Gasteiger partial charge on any atom is -0.311 e. The monoisotopic (exact) mass is 378 g/mol. The van der Waals surface area contributed by atoms with Crippen molar-refractivity contribution in [2.45, 2.75) is 43.3 Å². The number of piperidine rings is 1. The van der Waals surface area contributed by atoms with Crippen LogP contribution in [0.2, 0.25) is 0 Å². The Hall–Kier alpha value is -0.990. The van der Waals surface area contributed by atoms with Crippen molar-refractivity contribution >= 4 is 10.2 Å². The summed E-state index contributed by atoms with van der Waals surface area (Å²) in [6.07, 6.45) is 3.58. The highest BCUT2D eigenvalue weighted by atomic mass is 32.2. The summed E-state index contributed by atoms with van der Waals surface area (Å²) < 4.78 is 27.1. The number of hydrogen-bond acceptors (Lipinski definition) is 4. The molecule has 3 fully saturated rings. The van der Waals surface area contributed by atoms with Gasteiger partial charge in [0, 0.05) is 64.3 Å². The van der Waals surface area contributed by atoms with Gasteiger partial charge in [-0.15, -0.1) is 0 Å². The molecule has 0 aromatic heterocycles. The zero-order valence-electron chi connectivity index (χ0n) is 15.7. The zero-order valence-corrected chi connectivity index (χ0v) is 16.5. The Morgan fingerprint density at radius 3 is 2.35 bits per heavy atom. The Bertz CT molecular complexity index is 710. The van der Waals surface area contributed by atoms with Crippen LogP contribution in [0.3, 0.4) is 0 Å². The van der Waals surface area contributed by atoms with E-state index < -0.39 is 10.2 Å². The molecule has 1 aromatic carbocycles. The Labute approximate surface area is 157 Å². The fourth-order valence-corrected chi connectivity index (χ4v) is 5.43. The van der Waals surface area contributed by atoms with Crippen molar-refractivity contribution in [3.63, 3.8) is 0 Å². The van der Waals surface area contributed by atoms with E-state index in [0.29, 0.717) is 37.1 Å². The van der Waals surface area contributed by atoms with E-state index in [1.165, 1.54) is 16.3 Å². The Balaban J connectivity index is 1.19. The van der Waals surface area contributed by atoms with Gasteiger partial charge in [-0.05, 0) is 24.8 Å². The molecule has 3 aliphatic rings. The molecule has 1 aromatic rings. The fourth-order valence-electron chi connectivity index (χ4n) is 4.25. The van der Waals surface area contributed by atoms with Gasteiger partial charge in [-0.2, -0.15) is 17.0 Å². The molecule has 1 saturated carbocycles. The van der Waals surface area contributed by atoms with Crippen LogP contribution in [0.5, 0.6) is 0 Å². The minimum atomic E-state index is -3.24. The molecule has 0 amide bonds. The second kappa shape index (κ2) is 7.20. The topological polar surface area (TPSA) is 55.9 Å². The van der Waals surface area contributed by atoms with Gasteiger partial charge < -0.3 is 5.32 Å². The number of rotatable bonds is 6. The van der Waals surface area contributed by atoms with E-state index in [0.717, 1.165) is 25.9 Å². The van der Waals surface area contributed by atoms with Crippen LogP contribution in [0, 0.1) is 0 Å². The lowest BCUT2D eigenvalue weighted by Crippen LogP contribution is -2.64. The lowest BCUT2D eigenvalue weighted by Gasteiger charge is -2.47. The lowest BCUT2D eigenvalue weighted by atomic mass is 10.0. The molecule has 2 saturated heterocycles. The van der Waals surface area contributed by atoms with Gasteiger partial charge in [0.15, 0.2) is 0 Å².